The Morgan fingerprint density at radius 2 is 1.83 bits per heavy atom. The van der Waals surface area contributed by atoms with Crippen molar-refractivity contribution in [2.24, 2.45) is 4.99 Å². The molecule has 0 amide bonds. The Balaban J connectivity index is 1.60. The molecule has 1 aromatic heterocycles. The quantitative estimate of drug-likeness (QED) is 0.669. The molecule has 156 valence electrons. The van der Waals surface area contributed by atoms with Crippen molar-refractivity contribution < 1.29 is 13.6 Å². The number of fused-ring (bicyclic) bond motifs is 2. The number of hydrogen-bond donors (Lipinski definition) is 1. The molecular weight excluding hydrogens is 407 g/mol. The fourth-order valence-electron chi connectivity index (χ4n) is 3.67. The fraction of sp³-hybridized carbons (Fsp3) is 0.450. The summed E-state index contributed by atoms with van der Waals surface area (Å²) >= 11 is 1.74. The maximum atomic E-state index is 13.1. The monoisotopic (exact) mass is 434 g/mol. The number of piperazine rings is 1. The number of aliphatic imine (C=N–C) groups is 1. The molecule has 0 atom stereocenters. The van der Waals surface area contributed by atoms with Gasteiger partial charge in [0.2, 0.25) is 0 Å². The van der Waals surface area contributed by atoms with Crippen LogP contribution >= 0.6 is 19.1 Å². The first-order chi connectivity index (χ1) is 14.0. The van der Waals surface area contributed by atoms with E-state index in [2.05, 4.69) is 29.3 Å². The van der Waals surface area contributed by atoms with Crippen LogP contribution in [0.25, 0.3) is 0 Å². The van der Waals surface area contributed by atoms with Gasteiger partial charge in [-0.1, -0.05) is 12.1 Å². The molecular formula is C20H27N4O3PS. The van der Waals surface area contributed by atoms with Gasteiger partial charge in [-0.25, -0.2) is 14.2 Å². The number of aryl methyl sites for hydroxylation is 1. The summed E-state index contributed by atoms with van der Waals surface area (Å²) in [5.41, 5.74) is 3.07. The Morgan fingerprint density at radius 3 is 2.52 bits per heavy atom. The summed E-state index contributed by atoms with van der Waals surface area (Å²) in [6, 6.07) is 10.3. The summed E-state index contributed by atoms with van der Waals surface area (Å²) in [6.45, 7) is 9.14. The second kappa shape index (κ2) is 8.58. The van der Waals surface area contributed by atoms with Crippen LogP contribution in [0.2, 0.25) is 0 Å². The van der Waals surface area contributed by atoms with Gasteiger partial charge in [0.05, 0.1) is 30.2 Å². The van der Waals surface area contributed by atoms with Crippen molar-refractivity contribution in [3.63, 3.8) is 0 Å². The van der Waals surface area contributed by atoms with E-state index in [1.807, 2.05) is 36.7 Å². The molecule has 0 spiro atoms. The van der Waals surface area contributed by atoms with E-state index in [9.17, 15) is 4.57 Å². The lowest BCUT2D eigenvalue weighted by Crippen LogP contribution is -2.48. The van der Waals surface area contributed by atoms with E-state index in [0.29, 0.717) is 39.4 Å². The van der Waals surface area contributed by atoms with E-state index in [1.165, 1.54) is 4.88 Å². The zero-order chi connectivity index (χ0) is 20.4. The van der Waals surface area contributed by atoms with Crippen LogP contribution in [0.1, 0.15) is 24.3 Å². The summed E-state index contributed by atoms with van der Waals surface area (Å²) in [6.07, 6.45) is 0. The lowest BCUT2D eigenvalue weighted by Gasteiger charge is -2.38. The van der Waals surface area contributed by atoms with Gasteiger partial charge in [-0.05, 0) is 39.0 Å². The number of benzene rings is 1. The first-order valence-electron chi connectivity index (χ1n) is 9.99. The van der Waals surface area contributed by atoms with Crippen molar-refractivity contribution in [2.75, 3.05) is 44.7 Å². The van der Waals surface area contributed by atoms with Crippen molar-refractivity contribution in [1.82, 2.24) is 9.57 Å². The Kier molecular flexibility index (Phi) is 6.08. The minimum atomic E-state index is -3.23. The molecule has 7 nitrogen and oxygen atoms in total. The normalized spacial score (nSPS) is 17.2. The van der Waals surface area contributed by atoms with Gasteiger partial charge in [0.25, 0.3) is 0 Å². The summed E-state index contributed by atoms with van der Waals surface area (Å²) in [5.74, 6) is 0.962. The van der Waals surface area contributed by atoms with Crippen LogP contribution < -0.4 is 5.32 Å². The highest BCUT2D eigenvalue weighted by Crippen LogP contribution is 2.52. The molecule has 1 saturated heterocycles. The molecule has 0 saturated carbocycles. The van der Waals surface area contributed by atoms with Crippen LogP contribution in [0.15, 0.2) is 35.3 Å². The SMILES string of the molecule is CCOP(=O)(OCC)N1CCN(C2=Nc3ccccc3Nc3sc(C)cc32)CC1. The fourth-order valence-corrected chi connectivity index (χ4v) is 6.31. The molecule has 0 radical (unpaired) electrons. The predicted octanol–water partition coefficient (Wildman–Crippen LogP) is 4.99. The first-order valence-corrected chi connectivity index (χ1v) is 12.3. The van der Waals surface area contributed by atoms with E-state index in [1.54, 1.807) is 11.3 Å². The van der Waals surface area contributed by atoms with E-state index in [-0.39, 0.29) is 0 Å². The van der Waals surface area contributed by atoms with E-state index in [0.717, 1.165) is 27.8 Å². The van der Waals surface area contributed by atoms with E-state index < -0.39 is 7.75 Å². The molecule has 3 heterocycles. The zero-order valence-corrected chi connectivity index (χ0v) is 18.8. The van der Waals surface area contributed by atoms with Gasteiger partial charge in [0.1, 0.15) is 10.8 Å². The number of nitrogens with one attached hydrogen (secondary N) is 1. The Morgan fingerprint density at radius 1 is 1.14 bits per heavy atom. The number of rotatable bonds is 5. The summed E-state index contributed by atoms with van der Waals surface area (Å²) in [7, 11) is -3.23. The third-order valence-corrected chi connectivity index (χ3v) is 8.19. The third kappa shape index (κ3) is 4.13. The van der Waals surface area contributed by atoms with Crippen LogP contribution in [-0.4, -0.2) is 54.8 Å². The van der Waals surface area contributed by atoms with Gasteiger partial charge in [-0.15, -0.1) is 11.3 Å². The zero-order valence-electron chi connectivity index (χ0n) is 17.1. The summed E-state index contributed by atoms with van der Waals surface area (Å²) in [4.78, 5) is 8.53. The highest BCUT2D eigenvalue weighted by molar-refractivity contribution is 7.51. The van der Waals surface area contributed by atoms with E-state index >= 15 is 0 Å². The van der Waals surface area contributed by atoms with Crippen LogP contribution in [0.5, 0.6) is 0 Å². The highest BCUT2D eigenvalue weighted by Gasteiger charge is 2.36. The maximum absolute atomic E-state index is 13.1. The molecule has 0 bridgehead atoms. The average molecular weight is 435 g/mol. The van der Waals surface area contributed by atoms with Gasteiger partial charge in [0, 0.05) is 31.1 Å². The van der Waals surface area contributed by atoms with Crippen molar-refractivity contribution in [1.29, 1.82) is 0 Å². The number of nitrogens with zero attached hydrogens (tertiary/aromatic N) is 3. The number of anilines is 2. The Bertz CT molecular complexity index is 943. The van der Waals surface area contributed by atoms with Gasteiger partial charge in [-0.3, -0.25) is 9.05 Å². The smallest absolute Gasteiger partial charge is 0.353 e. The summed E-state index contributed by atoms with van der Waals surface area (Å²) < 4.78 is 26.0. The standard InChI is InChI=1S/C20H27N4O3PS/c1-4-26-28(25,27-5-2)24-12-10-23(11-13-24)19-16-14-15(3)29-20(16)22-18-9-7-6-8-17(18)21-19/h6-9,14,22H,4-5,10-13H2,1-3H3. The van der Waals surface area contributed by atoms with Gasteiger partial charge in [0.15, 0.2) is 0 Å². The molecule has 4 rings (SSSR count). The molecule has 29 heavy (non-hydrogen) atoms. The molecule has 2 aromatic rings. The molecule has 2 aliphatic rings. The maximum Gasteiger partial charge on any atom is 0.408 e. The average Bonchev–Trinajstić information content (AvgIpc) is 3.00. The van der Waals surface area contributed by atoms with Gasteiger partial charge in [-0.2, -0.15) is 0 Å². The topological polar surface area (TPSA) is 66.4 Å². The van der Waals surface area contributed by atoms with Crippen molar-refractivity contribution in [3.8, 4) is 0 Å². The second-order valence-corrected chi connectivity index (χ2v) is 10.2. The molecule has 2 aliphatic heterocycles. The van der Waals surface area contributed by atoms with Crippen LogP contribution in [-0.2, 0) is 13.6 Å². The third-order valence-electron chi connectivity index (χ3n) is 4.96. The molecule has 1 aromatic carbocycles. The lowest BCUT2D eigenvalue weighted by molar-refractivity contribution is 0.146. The first kappa shape index (κ1) is 20.6. The van der Waals surface area contributed by atoms with Crippen molar-refractivity contribution in [3.05, 3.63) is 40.8 Å². The van der Waals surface area contributed by atoms with Gasteiger partial charge >= 0.3 is 7.75 Å². The Hall–Kier alpha value is -1.70. The molecule has 1 fully saturated rings. The van der Waals surface area contributed by atoms with Crippen molar-refractivity contribution >= 4 is 41.3 Å². The molecule has 9 heteroatoms. The number of hydrogen-bond acceptors (Lipinski definition) is 7. The number of amidine groups is 1. The van der Waals surface area contributed by atoms with Gasteiger partial charge < -0.3 is 10.2 Å². The largest absolute Gasteiger partial charge is 0.408 e. The predicted molar refractivity (Wildman–Crippen MR) is 119 cm³/mol. The van der Waals surface area contributed by atoms with Crippen LogP contribution in [0.4, 0.5) is 16.4 Å². The van der Waals surface area contributed by atoms with Crippen molar-refractivity contribution in [2.45, 2.75) is 20.8 Å². The molecule has 1 N–H and O–H groups in total. The van der Waals surface area contributed by atoms with Crippen LogP contribution in [0.3, 0.4) is 0 Å². The lowest BCUT2D eigenvalue weighted by atomic mass is 10.2. The minimum Gasteiger partial charge on any atom is -0.353 e. The number of para-hydroxylation sites is 2. The molecule has 0 aliphatic carbocycles. The van der Waals surface area contributed by atoms with E-state index in [4.69, 9.17) is 14.0 Å². The minimum absolute atomic E-state index is 0.365. The van der Waals surface area contributed by atoms with Crippen LogP contribution in [0, 0.1) is 6.92 Å². The Labute approximate surface area is 175 Å². The number of thiophene rings is 1. The molecule has 0 unspecified atom stereocenters. The second-order valence-electron chi connectivity index (χ2n) is 6.92. The highest BCUT2D eigenvalue weighted by atomic mass is 32.1. The summed E-state index contributed by atoms with van der Waals surface area (Å²) in [5, 5.41) is 4.66.